The summed E-state index contributed by atoms with van der Waals surface area (Å²) in [5, 5.41) is 3.07. The zero-order valence-corrected chi connectivity index (χ0v) is 11.5. The van der Waals surface area contributed by atoms with Gasteiger partial charge in [0, 0.05) is 18.3 Å². The zero-order valence-electron chi connectivity index (χ0n) is 9.21. The minimum atomic E-state index is -1.89. The van der Waals surface area contributed by atoms with Crippen molar-refractivity contribution in [2.24, 2.45) is 0 Å². The van der Waals surface area contributed by atoms with E-state index in [1.807, 2.05) is 30.3 Å². The Morgan fingerprint density at radius 2 is 1.88 bits per heavy atom. The van der Waals surface area contributed by atoms with Crippen LogP contribution in [0, 0.1) is 0 Å². The number of halogens is 3. The van der Waals surface area contributed by atoms with Gasteiger partial charge in [0.25, 0.3) is 3.79 Å². The molecule has 0 aromatic heterocycles. The molecule has 0 heterocycles. The summed E-state index contributed by atoms with van der Waals surface area (Å²) in [7, 11) is 0. The fourth-order valence-electron chi connectivity index (χ4n) is 1.17. The maximum Gasteiger partial charge on any atom is 0.252 e. The Labute approximate surface area is 116 Å². The summed E-state index contributed by atoms with van der Waals surface area (Å²) >= 11 is 16.4. The second kappa shape index (κ2) is 6.29. The summed E-state index contributed by atoms with van der Waals surface area (Å²) in [5.41, 5.74) is 1.77. The number of carbonyl (C=O) groups excluding carboxylic acids is 1. The van der Waals surface area contributed by atoms with Gasteiger partial charge in [0.1, 0.15) is 0 Å². The van der Waals surface area contributed by atoms with E-state index in [0.717, 1.165) is 5.56 Å². The van der Waals surface area contributed by atoms with Crippen LogP contribution in [0.3, 0.4) is 0 Å². The van der Waals surface area contributed by atoms with Crippen molar-refractivity contribution >= 4 is 40.6 Å². The molecule has 5 heteroatoms. The molecule has 0 fully saturated rings. The van der Waals surface area contributed by atoms with Gasteiger partial charge in [-0.2, -0.15) is 0 Å². The molecule has 0 radical (unpaired) electrons. The van der Waals surface area contributed by atoms with Gasteiger partial charge >= 0.3 is 0 Å². The van der Waals surface area contributed by atoms with E-state index < -0.39 is 9.58 Å². The van der Waals surface area contributed by atoms with Crippen LogP contribution in [-0.2, 0) is 11.3 Å². The van der Waals surface area contributed by atoms with E-state index in [-0.39, 0.29) is 0 Å². The highest BCUT2D eigenvalue weighted by Gasteiger charge is 2.28. The molecule has 1 rings (SSSR count). The van der Waals surface area contributed by atoms with Crippen molar-refractivity contribution in [3.8, 4) is 0 Å². The minimum absolute atomic E-state index is 0.555. The number of rotatable bonds is 4. The van der Waals surface area contributed by atoms with Crippen molar-refractivity contribution in [2.75, 3.05) is 0 Å². The molecular weight excluding hydrogens is 280 g/mol. The van der Waals surface area contributed by atoms with Gasteiger partial charge in [-0.3, -0.25) is 4.79 Å². The number of benzene rings is 1. The maximum atomic E-state index is 11.4. The third kappa shape index (κ3) is 5.44. The van der Waals surface area contributed by atoms with Crippen LogP contribution in [0.1, 0.15) is 12.5 Å². The molecule has 0 aliphatic heterocycles. The number of nitrogens with one attached hydrogen (secondary N) is 1. The summed E-state index contributed by atoms with van der Waals surface area (Å²) in [6.07, 6.45) is 1.29. The Kier molecular flexibility index (Phi) is 5.31. The Hall–Kier alpha value is -0.700. The Bertz CT molecular complexity index is 410. The summed E-state index contributed by atoms with van der Waals surface area (Å²) in [6, 6.07) is 9.80. The number of alkyl halides is 3. The van der Waals surface area contributed by atoms with Gasteiger partial charge in [0.05, 0.1) is 0 Å². The second-order valence-electron chi connectivity index (χ2n) is 3.53. The molecule has 0 saturated heterocycles. The van der Waals surface area contributed by atoms with E-state index in [9.17, 15) is 4.79 Å². The lowest BCUT2D eigenvalue weighted by Crippen LogP contribution is -2.19. The van der Waals surface area contributed by atoms with Gasteiger partial charge in [-0.15, -0.1) is 0 Å². The SMILES string of the molecule is C/C(=C\C(=O)C(Cl)(Cl)Cl)NCc1ccccc1. The first-order valence-corrected chi connectivity index (χ1v) is 6.10. The van der Waals surface area contributed by atoms with Crippen LogP contribution in [0.25, 0.3) is 0 Å². The maximum absolute atomic E-state index is 11.4. The number of ketones is 1. The van der Waals surface area contributed by atoms with Crippen molar-refractivity contribution in [2.45, 2.75) is 17.3 Å². The monoisotopic (exact) mass is 291 g/mol. The fourth-order valence-corrected chi connectivity index (χ4v) is 1.33. The minimum Gasteiger partial charge on any atom is -0.384 e. The molecule has 1 N–H and O–H groups in total. The standard InChI is InChI=1S/C12H12Cl3NO/c1-9(7-11(17)12(13,14)15)16-8-10-5-3-2-4-6-10/h2-7,16H,8H2,1H3/b9-7+. The highest BCUT2D eigenvalue weighted by molar-refractivity contribution is 6.77. The van der Waals surface area contributed by atoms with Crippen LogP contribution in [0.4, 0.5) is 0 Å². The van der Waals surface area contributed by atoms with Crippen LogP contribution < -0.4 is 5.32 Å². The van der Waals surface area contributed by atoms with E-state index >= 15 is 0 Å². The van der Waals surface area contributed by atoms with Crippen molar-refractivity contribution in [1.29, 1.82) is 0 Å². The van der Waals surface area contributed by atoms with Crippen molar-refractivity contribution in [1.82, 2.24) is 5.32 Å². The average Bonchev–Trinajstić information content (AvgIpc) is 2.26. The molecule has 17 heavy (non-hydrogen) atoms. The van der Waals surface area contributed by atoms with Gasteiger partial charge in [0.2, 0.25) is 5.78 Å². The molecule has 92 valence electrons. The van der Waals surface area contributed by atoms with Gasteiger partial charge in [-0.25, -0.2) is 0 Å². The number of carbonyl (C=O) groups is 1. The number of hydrogen-bond acceptors (Lipinski definition) is 2. The predicted octanol–water partition coefficient (Wildman–Crippen LogP) is 3.62. The van der Waals surface area contributed by atoms with E-state index in [0.29, 0.717) is 12.2 Å². The van der Waals surface area contributed by atoms with Gasteiger partial charge < -0.3 is 5.32 Å². The summed E-state index contributed by atoms with van der Waals surface area (Å²) in [5.74, 6) is -0.555. The summed E-state index contributed by atoms with van der Waals surface area (Å²) < 4.78 is -1.89. The lowest BCUT2D eigenvalue weighted by molar-refractivity contribution is -0.113. The normalized spacial score (nSPS) is 12.4. The molecule has 1 aromatic rings. The largest absolute Gasteiger partial charge is 0.384 e. The van der Waals surface area contributed by atoms with Gasteiger partial charge in [0.15, 0.2) is 0 Å². The molecule has 2 nitrogen and oxygen atoms in total. The van der Waals surface area contributed by atoms with Crippen LogP contribution in [0.2, 0.25) is 0 Å². The summed E-state index contributed by atoms with van der Waals surface area (Å²) in [4.78, 5) is 11.4. The number of allylic oxidation sites excluding steroid dienone is 2. The first-order valence-electron chi connectivity index (χ1n) is 4.97. The van der Waals surface area contributed by atoms with Crippen LogP contribution in [0.5, 0.6) is 0 Å². The molecule has 1 aromatic carbocycles. The molecule has 0 spiro atoms. The molecule has 0 aliphatic rings. The lowest BCUT2D eigenvalue weighted by atomic mass is 10.2. The lowest BCUT2D eigenvalue weighted by Gasteiger charge is -2.09. The molecule has 0 aliphatic carbocycles. The summed E-state index contributed by atoms with van der Waals surface area (Å²) in [6.45, 7) is 2.37. The van der Waals surface area contributed by atoms with E-state index in [1.54, 1.807) is 6.92 Å². The van der Waals surface area contributed by atoms with Crippen molar-refractivity contribution < 1.29 is 4.79 Å². The third-order valence-corrected chi connectivity index (χ3v) is 2.60. The smallest absolute Gasteiger partial charge is 0.252 e. The topological polar surface area (TPSA) is 29.1 Å². The first kappa shape index (κ1) is 14.4. The van der Waals surface area contributed by atoms with Crippen molar-refractivity contribution in [3.63, 3.8) is 0 Å². The predicted molar refractivity (Wildman–Crippen MR) is 72.3 cm³/mol. The molecule has 0 saturated carbocycles. The van der Waals surface area contributed by atoms with Crippen LogP contribution >= 0.6 is 34.8 Å². The Morgan fingerprint density at radius 1 is 1.29 bits per heavy atom. The quantitative estimate of drug-likeness (QED) is 0.678. The Morgan fingerprint density at radius 3 is 2.41 bits per heavy atom. The van der Waals surface area contributed by atoms with E-state index in [1.165, 1.54) is 6.08 Å². The van der Waals surface area contributed by atoms with Crippen LogP contribution in [-0.4, -0.2) is 9.58 Å². The highest BCUT2D eigenvalue weighted by Crippen LogP contribution is 2.27. The second-order valence-corrected chi connectivity index (χ2v) is 5.81. The van der Waals surface area contributed by atoms with E-state index in [2.05, 4.69) is 5.32 Å². The third-order valence-electron chi connectivity index (χ3n) is 2.04. The molecule has 0 amide bonds. The first-order chi connectivity index (χ1) is 7.89. The molecular formula is C12H12Cl3NO. The average molecular weight is 293 g/mol. The highest BCUT2D eigenvalue weighted by atomic mass is 35.6. The molecule has 0 bridgehead atoms. The van der Waals surface area contributed by atoms with Gasteiger partial charge in [-0.1, -0.05) is 65.1 Å². The zero-order chi connectivity index (χ0) is 12.9. The van der Waals surface area contributed by atoms with Gasteiger partial charge in [-0.05, 0) is 12.5 Å². The van der Waals surface area contributed by atoms with Crippen LogP contribution in [0.15, 0.2) is 42.1 Å². The van der Waals surface area contributed by atoms with Crippen molar-refractivity contribution in [3.05, 3.63) is 47.7 Å². The Balaban J connectivity index is 2.53. The number of hydrogen-bond donors (Lipinski definition) is 1. The fraction of sp³-hybridized carbons (Fsp3) is 0.250. The molecule has 0 atom stereocenters. The van der Waals surface area contributed by atoms with E-state index in [4.69, 9.17) is 34.8 Å². The molecule has 0 unspecified atom stereocenters.